The molecule has 0 saturated carbocycles. The van der Waals surface area contributed by atoms with Crippen molar-refractivity contribution in [3.8, 4) is 5.75 Å². The molecule has 3 heteroatoms. The summed E-state index contributed by atoms with van der Waals surface area (Å²) < 4.78 is 5.40. The zero-order valence-electron chi connectivity index (χ0n) is 11.3. The molecule has 0 aliphatic heterocycles. The largest absolute Gasteiger partial charge is 0.496 e. The molecular weight excluding hydrogens is 254 g/mol. The van der Waals surface area contributed by atoms with Gasteiger partial charge >= 0.3 is 0 Å². The first kappa shape index (κ1) is 14.0. The summed E-state index contributed by atoms with van der Waals surface area (Å²) in [5.74, 6) is 0.909. The Labute approximate surface area is 119 Å². The highest BCUT2D eigenvalue weighted by Crippen LogP contribution is 2.36. The van der Waals surface area contributed by atoms with Crippen LogP contribution in [0.3, 0.4) is 0 Å². The fourth-order valence-corrected chi connectivity index (χ4v) is 3.04. The van der Waals surface area contributed by atoms with Gasteiger partial charge in [0.25, 0.3) is 0 Å². The summed E-state index contributed by atoms with van der Waals surface area (Å²) in [5, 5.41) is 0. The standard InChI is InChI=1S/C16H19NOS/c1-12-7-8-15(13(11-12)9-10-17)19-16-6-4-3-5-14(16)18-2/h3-8,11H,9-10,17H2,1-2H3. The molecule has 0 radical (unpaired) electrons. The summed E-state index contributed by atoms with van der Waals surface area (Å²) >= 11 is 1.73. The van der Waals surface area contributed by atoms with Gasteiger partial charge in [0, 0.05) is 4.90 Å². The van der Waals surface area contributed by atoms with Crippen molar-refractivity contribution in [2.45, 2.75) is 23.1 Å². The van der Waals surface area contributed by atoms with Crippen molar-refractivity contribution >= 4 is 11.8 Å². The highest BCUT2D eigenvalue weighted by molar-refractivity contribution is 7.99. The second-order valence-corrected chi connectivity index (χ2v) is 5.49. The summed E-state index contributed by atoms with van der Waals surface area (Å²) in [4.78, 5) is 2.38. The first-order valence-corrected chi connectivity index (χ1v) is 7.16. The minimum Gasteiger partial charge on any atom is -0.496 e. The number of methoxy groups -OCH3 is 1. The normalized spacial score (nSPS) is 10.5. The van der Waals surface area contributed by atoms with Gasteiger partial charge in [-0.05, 0) is 43.7 Å². The minimum atomic E-state index is 0.670. The maximum Gasteiger partial charge on any atom is 0.132 e. The van der Waals surface area contributed by atoms with Gasteiger partial charge in [-0.1, -0.05) is 41.6 Å². The summed E-state index contributed by atoms with van der Waals surface area (Å²) in [6.45, 7) is 2.78. The van der Waals surface area contributed by atoms with Crippen LogP contribution in [0.15, 0.2) is 52.3 Å². The number of aryl methyl sites for hydroxylation is 1. The fraction of sp³-hybridized carbons (Fsp3) is 0.250. The van der Waals surface area contributed by atoms with Gasteiger partial charge in [-0.3, -0.25) is 0 Å². The van der Waals surface area contributed by atoms with E-state index in [0.717, 1.165) is 17.1 Å². The lowest BCUT2D eigenvalue weighted by atomic mass is 10.1. The van der Waals surface area contributed by atoms with Crippen LogP contribution in [0.25, 0.3) is 0 Å². The third-order valence-electron chi connectivity index (χ3n) is 2.92. The molecule has 0 bridgehead atoms. The van der Waals surface area contributed by atoms with E-state index in [1.54, 1.807) is 18.9 Å². The zero-order chi connectivity index (χ0) is 13.7. The molecule has 0 heterocycles. The molecule has 2 aromatic rings. The van der Waals surface area contributed by atoms with Crippen molar-refractivity contribution in [3.05, 3.63) is 53.6 Å². The number of nitrogens with two attached hydrogens (primary N) is 1. The summed E-state index contributed by atoms with van der Waals surface area (Å²) in [7, 11) is 1.70. The van der Waals surface area contributed by atoms with Crippen molar-refractivity contribution in [1.82, 2.24) is 0 Å². The smallest absolute Gasteiger partial charge is 0.132 e. The number of benzene rings is 2. The van der Waals surface area contributed by atoms with Crippen LogP contribution in [0, 0.1) is 6.92 Å². The van der Waals surface area contributed by atoms with Crippen LogP contribution in [-0.4, -0.2) is 13.7 Å². The molecule has 100 valence electrons. The van der Waals surface area contributed by atoms with E-state index in [9.17, 15) is 0 Å². The lowest BCUT2D eigenvalue weighted by Crippen LogP contribution is -2.04. The topological polar surface area (TPSA) is 35.2 Å². The Hall–Kier alpha value is -1.45. The third kappa shape index (κ3) is 3.52. The molecule has 0 atom stereocenters. The molecule has 0 aliphatic carbocycles. The van der Waals surface area contributed by atoms with Crippen LogP contribution >= 0.6 is 11.8 Å². The maximum absolute atomic E-state index is 5.70. The van der Waals surface area contributed by atoms with Crippen LogP contribution in [0.5, 0.6) is 5.75 Å². The number of rotatable bonds is 5. The number of ether oxygens (including phenoxy) is 1. The van der Waals surface area contributed by atoms with Gasteiger partial charge in [0.1, 0.15) is 5.75 Å². The number of hydrogen-bond acceptors (Lipinski definition) is 3. The van der Waals surface area contributed by atoms with E-state index in [1.165, 1.54) is 16.0 Å². The lowest BCUT2D eigenvalue weighted by Gasteiger charge is -2.12. The Bertz CT molecular complexity index is 554. The second kappa shape index (κ2) is 6.64. The summed E-state index contributed by atoms with van der Waals surface area (Å²) in [5.41, 5.74) is 8.27. The van der Waals surface area contributed by atoms with E-state index >= 15 is 0 Å². The minimum absolute atomic E-state index is 0.670. The Morgan fingerprint density at radius 1 is 1.11 bits per heavy atom. The first-order chi connectivity index (χ1) is 9.24. The highest BCUT2D eigenvalue weighted by Gasteiger charge is 2.08. The van der Waals surface area contributed by atoms with Crippen molar-refractivity contribution in [3.63, 3.8) is 0 Å². The molecule has 2 aromatic carbocycles. The van der Waals surface area contributed by atoms with Crippen molar-refractivity contribution < 1.29 is 4.74 Å². The number of para-hydroxylation sites is 1. The molecule has 0 unspecified atom stereocenters. The molecule has 0 aromatic heterocycles. The predicted molar refractivity (Wildman–Crippen MR) is 81.1 cm³/mol. The van der Waals surface area contributed by atoms with Gasteiger partial charge < -0.3 is 10.5 Å². The average Bonchev–Trinajstić information content (AvgIpc) is 2.43. The van der Waals surface area contributed by atoms with Gasteiger partial charge in [0.15, 0.2) is 0 Å². The molecule has 2 rings (SSSR count). The third-order valence-corrected chi connectivity index (χ3v) is 4.09. The molecular formula is C16H19NOS. The van der Waals surface area contributed by atoms with E-state index in [4.69, 9.17) is 10.5 Å². The summed E-state index contributed by atoms with van der Waals surface area (Å²) in [6, 6.07) is 14.6. The van der Waals surface area contributed by atoms with Crippen molar-refractivity contribution in [1.29, 1.82) is 0 Å². The Morgan fingerprint density at radius 2 is 1.89 bits per heavy atom. The molecule has 0 spiro atoms. The molecule has 0 saturated heterocycles. The van der Waals surface area contributed by atoms with E-state index in [0.29, 0.717) is 6.54 Å². The fourth-order valence-electron chi connectivity index (χ4n) is 1.98. The highest BCUT2D eigenvalue weighted by atomic mass is 32.2. The zero-order valence-corrected chi connectivity index (χ0v) is 12.2. The van der Waals surface area contributed by atoms with E-state index in [1.807, 2.05) is 18.2 Å². The molecule has 19 heavy (non-hydrogen) atoms. The Morgan fingerprint density at radius 3 is 2.63 bits per heavy atom. The van der Waals surface area contributed by atoms with Crippen LogP contribution in [0.2, 0.25) is 0 Å². The van der Waals surface area contributed by atoms with E-state index in [2.05, 4.69) is 31.2 Å². The number of hydrogen-bond donors (Lipinski definition) is 1. The van der Waals surface area contributed by atoms with Gasteiger partial charge in [0.2, 0.25) is 0 Å². The SMILES string of the molecule is COc1ccccc1Sc1ccc(C)cc1CCN. The quantitative estimate of drug-likeness (QED) is 0.903. The van der Waals surface area contributed by atoms with E-state index in [-0.39, 0.29) is 0 Å². The van der Waals surface area contributed by atoms with Crippen molar-refractivity contribution in [2.75, 3.05) is 13.7 Å². The monoisotopic (exact) mass is 273 g/mol. The second-order valence-electron chi connectivity index (χ2n) is 4.40. The molecule has 2 N–H and O–H groups in total. The molecule has 0 amide bonds. The molecule has 0 fully saturated rings. The Kier molecular flexibility index (Phi) is 4.88. The van der Waals surface area contributed by atoms with Crippen LogP contribution < -0.4 is 10.5 Å². The van der Waals surface area contributed by atoms with E-state index < -0.39 is 0 Å². The van der Waals surface area contributed by atoms with Crippen LogP contribution in [0.4, 0.5) is 0 Å². The molecule has 0 aliphatic rings. The van der Waals surface area contributed by atoms with Crippen LogP contribution in [0.1, 0.15) is 11.1 Å². The maximum atomic E-state index is 5.70. The van der Waals surface area contributed by atoms with Crippen molar-refractivity contribution in [2.24, 2.45) is 5.73 Å². The van der Waals surface area contributed by atoms with Gasteiger partial charge in [-0.25, -0.2) is 0 Å². The lowest BCUT2D eigenvalue weighted by molar-refractivity contribution is 0.405. The van der Waals surface area contributed by atoms with Gasteiger partial charge in [-0.15, -0.1) is 0 Å². The summed E-state index contributed by atoms with van der Waals surface area (Å²) in [6.07, 6.45) is 0.902. The van der Waals surface area contributed by atoms with Crippen LogP contribution in [-0.2, 0) is 6.42 Å². The molecule has 2 nitrogen and oxygen atoms in total. The first-order valence-electron chi connectivity index (χ1n) is 6.35. The average molecular weight is 273 g/mol. The Balaban J connectivity index is 2.32. The van der Waals surface area contributed by atoms with Gasteiger partial charge in [-0.2, -0.15) is 0 Å². The van der Waals surface area contributed by atoms with Gasteiger partial charge in [0.05, 0.1) is 12.0 Å². The predicted octanol–water partition coefficient (Wildman–Crippen LogP) is 3.66.